The van der Waals surface area contributed by atoms with Gasteiger partial charge in [0, 0.05) is 24.8 Å². The number of rotatable bonds is 6. The van der Waals surface area contributed by atoms with Crippen LogP contribution in [0.15, 0.2) is 36.5 Å². The van der Waals surface area contributed by atoms with Crippen molar-refractivity contribution in [1.82, 2.24) is 15.2 Å². The molecule has 18 radical (unpaired) electrons. The van der Waals surface area contributed by atoms with Crippen LogP contribution in [0.3, 0.4) is 0 Å². The summed E-state index contributed by atoms with van der Waals surface area (Å²) in [4.78, 5) is 18.0. The summed E-state index contributed by atoms with van der Waals surface area (Å²) >= 11 is 5.76. The highest BCUT2D eigenvalue weighted by molar-refractivity contribution is 6.59. The molecule has 0 bridgehead atoms. The molecule has 1 aromatic heterocycles. The van der Waals surface area contributed by atoms with E-state index in [1.807, 2.05) is 0 Å². The third-order valence-corrected chi connectivity index (χ3v) is 6.69. The third kappa shape index (κ3) is 4.99. The third-order valence-electron chi connectivity index (χ3n) is 6.40. The van der Waals surface area contributed by atoms with Crippen LogP contribution >= 0.6 is 11.6 Å². The molecule has 1 atom stereocenters. The Balaban J connectivity index is 1.84. The van der Waals surface area contributed by atoms with Crippen molar-refractivity contribution in [1.29, 1.82) is 0 Å². The molecule has 162 valence electrons. The van der Waals surface area contributed by atoms with Gasteiger partial charge in [-0.25, -0.2) is 8.78 Å². The summed E-state index contributed by atoms with van der Waals surface area (Å²) in [7, 11) is 53.6. The predicted octanol–water partition coefficient (Wildman–Crippen LogP) is -0.731. The number of carbonyl (C=O) groups is 1. The molecule has 1 amide bonds. The molecule has 36 heavy (non-hydrogen) atoms. The number of pyridine rings is 1. The molecule has 0 spiro atoms. The van der Waals surface area contributed by atoms with Gasteiger partial charge in [0.1, 0.15) is 11.5 Å². The number of carbonyl (C=O) groups excluding carboxylic acids is 1. The number of piperidine rings is 1. The fourth-order valence-electron chi connectivity index (χ4n) is 3.96. The zero-order valence-electron chi connectivity index (χ0n) is 19.2. The number of amides is 1. The quantitative estimate of drug-likeness (QED) is 0.553. The van der Waals surface area contributed by atoms with E-state index >= 15 is 4.39 Å². The predicted molar refractivity (Wildman–Crippen MR) is 144 cm³/mol. The maximum absolute atomic E-state index is 16.5. The van der Waals surface area contributed by atoms with Crippen molar-refractivity contribution >= 4 is 88.1 Å². The summed E-state index contributed by atoms with van der Waals surface area (Å²) in [6.45, 7) is -0.523. The van der Waals surface area contributed by atoms with Gasteiger partial charge in [0.05, 0.1) is 81.3 Å². The average Bonchev–Trinajstić information content (AvgIpc) is 2.77. The zero-order chi connectivity index (χ0) is 27.3. The molecule has 1 saturated heterocycles. The van der Waals surface area contributed by atoms with Gasteiger partial charge in [0.15, 0.2) is 0 Å². The Kier molecular flexibility index (Phi) is 7.83. The molecule has 1 fully saturated rings. The normalized spacial score (nSPS) is 21.7. The van der Waals surface area contributed by atoms with Gasteiger partial charge < -0.3 is 10.2 Å². The Morgan fingerprint density at radius 2 is 1.75 bits per heavy atom. The van der Waals surface area contributed by atoms with E-state index in [0.717, 1.165) is 23.1 Å². The lowest BCUT2D eigenvalue weighted by Crippen LogP contribution is -2.78. The minimum atomic E-state index is -2.85. The second-order valence-corrected chi connectivity index (χ2v) is 9.43. The van der Waals surface area contributed by atoms with Crippen LogP contribution in [0.2, 0.25) is 10.2 Å². The van der Waals surface area contributed by atoms with Crippen LogP contribution in [0.5, 0.6) is 0 Å². The SMILES string of the molecule is [B]C([B])([B])c1ccc(CNC([B])([B])C2(F)CCN(C(=O)c3ccc(F)c(Cl)c3)C([B])([B])C2([B])[B])nc1. The van der Waals surface area contributed by atoms with E-state index < -0.39 is 44.8 Å². The molecule has 0 aliphatic carbocycles. The Bertz CT molecular complexity index is 1150. The van der Waals surface area contributed by atoms with E-state index in [-0.39, 0.29) is 23.7 Å². The van der Waals surface area contributed by atoms with Crippen LogP contribution in [0.1, 0.15) is 28.0 Å². The van der Waals surface area contributed by atoms with Crippen LogP contribution in [-0.2, 0) is 11.7 Å². The number of nitrogens with zero attached hydrogens (tertiary/aromatic N) is 2. The van der Waals surface area contributed by atoms with Gasteiger partial charge >= 0.3 is 0 Å². The van der Waals surface area contributed by atoms with Gasteiger partial charge in [0.25, 0.3) is 5.91 Å². The summed E-state index contributed by atoms with van der Waals surface area (Å²) in [6.07, 6.45) is 0.781. The number of aromatic nitrogens is 1. The Morgan fingerprint density at radius 1 is 1.11 bits per heavy atom. The standard InChI is InChI=1S/C20H13B9ClF2N3O/c21-17(22,23)11-2-3-12(33-8-11)9-34-19(26,27)16(32)5-6-35(20(28,29)18(16,24)25)15(36)10-1-4-14(31)13(30)7-10/h1-4,7-8,34H,5-6,9H2. The lowest BCUT2D eigenvalue weighted by atomic mass is 9.23. The number of halogens is 3. The number of alkyl halides is 1. The van der Waals surface area contributed by atoms with Crippen molar-refractivity contribution < 1.29 is 13.6 Å². The summed E-state index contributed by atoms with van der Waals surface area (Å²) in [5.41, 5.74) is -2.20. The number of hydrogen-bond donors (Lipinski definition) is 1. The molecular weight excluding hydrogens is 469 g/mol. The first-order valence-electron chi connectivity index (χ1n) is 10.6. The van der Waals surface area contributed by atoms with Crippen molar-refractivity contribution in [3.05, 3.63) is 64.2 Å². The molecule has 4 nitrogen and oxygen atoms in total. The number of hydrogen-bond acceptors (Lipinski definition) is 3. The summed E-state index contributed by atoms with van der Waals surface area (Å²) in [5.74, 6) is -1.55. The van der Waals surface area contributed by atoms with Crippen molar-refractivity contribution in [2.75, 3.05) is 6.54 Å². The van der Waals surface area contributed by atoms with Gasteiger partial charge in [-0.3, -0.25) is 9.78 Å². The average molecular weight is 482 g/mol. The molecule has 1 N–H and O–H groups in total. The van der Waals surface area contributed by atoms with E-state index in [4.69, 9.17) is 82.2 Å². The van der Waals surface area contributed by atoms with E-state index in [2.05, 4.69) is 10.3 Å². The fourth-order valence-corrected chi connectivity index (χ4v) is 4.14. The molecule has 1 aliphatic rings. The Hall–Kier alpha value is -1.47. The van der Waals surface area contributed by atoms with Crippen molar-refractivity contribution in [3.63, 3.8) is 0 Å². The molecule has 1 aliphatic heterocycles. The largest absolute Gasteiger partial charge is 0.351 e. The summed E-state index contributed by atoms with van der Waals surface area (Å²) < 4.78 is 30.0. The van der Waals surface area contributed by atoms with E-state index in [0.29, 0.717) is 11.3 Å². The second kappa shape index (κ2) is 9.69. The van der Waals surface area contributed by atoms with Gasteiger partial charge in [-0.05, 0) is 46.9 Å². The first kappa shape index (κ1) is 29.1. The van der Waals surface area contributed by atoms with Crippen molar-refractivity contribution in [2.24, 2.45) is 0 Å². The topological polar surface area (TPSA) is 45.2 Å². The monoisotopic (exact) mass is 483 g/mol. The minimum Gasteiger partial charge on any atom is -0.351 e. The fraction of sp³-hybridized carbons (Fsp3) is 0.400. The molecule has 1 aromatic carbocycles. The van der Waals surface area contributed by atoms with Gasteiger partial charge in [0.2, 0.25) is 0 Å². The van der Waals surface area contributed by atoms with E-state index in [9.17, 15) is 9.18 Å². The number of nitrogens with one attached hydrogen (secondary N) is 1. The van der Waals surface area contributed by atoms with E-state index in [1.165, 1.54) is 18.3 Å². The lowest BCUT2D eigenvalue weighted by Gasteiger charge is -2.66. The van der Waals surface area contributed by atoms with Gasteiger partial charge in [-0.15, -0.1) is 5.11 Å². The van der Waals surface area contributed by atoms with Crippen molar-refractivity contribution in [3.8, 4) is 0 Å². The second-order valence-electron chi connectivity index (χ2n) is 9.03. The van der Waals surface area contributed by atoms with E-state index in [1.54, 1.807) is 0 Å². The summed E-state index contributed by atoms with van der Waals surface area (Å²) in [6, 6.07) is 6.26. The molecule has 2 aromatic rings. The molecule has 16 heteroatoms. The van der Waals surface area contributed by atoms with Crippen LogP contribution in [0, 0.1) is 5.82 Å². The smallest absolute Gasteiger partial charge is 0.252 e. The Labute approximate surface area is 226 Å². The first-order chi connectivity index (χ1) is 16.3. The number of benzene rings is 1. The van der Waals surface area contributed by atoms with Crippen LogP contribution in [-0.4, -0.2) is 109 Å². The molecule has 0 saturated carbocycles. The van der Waals surface area contributed by atoms with Crippen LogP contribution < -0.4 is 5.32 Å². The Morgan fingerprint density at radius 3 is 2.28 bits per heavy atom. The first-order valence-corrected chi connectivity index (χ1v) is 11.0. The minimum absolute atomic E-state index is 0.0697. The number of likely N-dealkylation sites (tertiary alicyclic amines) is 1. The zero-order valence-corrected chi connectivity index (χ0v) is 20.0. The van der Waals surface area contributed by atoms with Crippen molar-refractivity contribution in [2.45, 2.75) is 39.6 Å². The highest BCUT2D eigenvalue weighted by Gasteiger charge is 2.63. The highest BCUT2D eigenvalue weighted by Crippen LogP contribution is 2.54. The molecular formula is C20H13B9ClF2N3O. The highest BCUT2D eigenvalue weighted by atomic mass is 35.5. The maximum atomic E-state index is 16.5. The van der Waals surface area contributed by atoms with Gasteiger partial charge in [-0.1, -0.05) is 22.9 Å². The molecule has 1 unspecified atom stereocenters. The molecule has 3 rings (SSSR count). The van der Waals surface area contributed by atoms with Crippen LogP contribution in [0.4, 0.5) is 8.78 Å². The maximum Gasteiger partial charge on any atom is 0.252 e. The molecule has 2 heterocycles. The van der Waals surface area contributed by atoms with Crippen LogP contribution in [0.25, 0.3) is 0 Å². The summed E-state index contributed by atoms with van der Waals surface area (Å²) in [5, 5.41) is -6.85. The van der Waals surface area contributed by atoms with Gasteiger partial charge in [-0.2, -0.15) is 0 Å². The lowest BCUT2D eigenvalue weighted by molar-refractivity contribution is -0.00214.